The van der Waals surface area contributed by atoms with E-state index in [1.165, 1.54) is 4.31 Å². The number of aliphatic hydroxyl groups excluding tert-OH is 1. The highest BCUT2D eigenvalue weighted by atomic mass is 32.2. The molecule has 0 aliphatic heterocycles. The van der Waals surface area contributed by atoms with Gasteiger partial charge >= 0.3 is 0 Å². The molecule has 1 N–H and O–H groups in total. The summed E-state index contributed by atoms with van der Waals surface area (Å²) >= 11 is 0. The molecule has 20 heavy (non-hydrogen) atoms. The molecule has 1 rings (SSSR count). The summed E-state index contributed by atoms with van der Waals surface area (Å²) in [6, 6.07) is 4.72. The number of methoxy groups -OCH3 is 1. The molecule has 1 aromatic rings. The van der Waals surface area contributed by atoms with Crippen LogP contribution in [0.5, 0.6) is 5.75 Å². The first kappa shape index (κ1) is 16.9. The average Bonchev–Trinajstić information content (AvgIpc) is 2.43. The van der Waals surface area contributed by atoms with Gasteiger partial charge in [0.25, 0.3) is 0 Å². The van der Waals surface area contributed by atoms with Crippen LogP contribution in [0.25, 0.3) is 0 Å². The number of benzene rings is 1. The van der Waals surface area contributed by atoms with Crippen LogP contribution in [0.3, 0.4) is 0 Å². The molecule has 0 unspecified atom stereocenters. The number of aliphatic hydroxyl groups is 1. The van der Waals surface area contributed by atoms with E-state index in [0.717, 1.165) is 0 Å². The Labute approximate surface area is 121 Å². The van der Waals surface area contributed by atoms with Crippen LogP contribution >= 0.6 is 0 Å². The second-order valence-electron chi connectivity index (χ2n) is 4.73. The quantitative estimate of drug-likeness (QED) is 0.833. The maximum atomic E-state index is 12.7. The summed E-state index contributed by atoms with van der Waals surface area (Å²) in [7, 11) is -2.07. The molecule has 1 atom stereocenters. The maximum Gasteiger partial charge on any atom is 0.243 e. The third kappa shape index (κ3) is 3.50. The normalized spacial score (nSPS) is 13.5. The van der Waals surface area contributed by atoms with Gasteiger partial charge in [-0.05, 0) is 44.0 Å². The van der Waals surface area contributed by atoms with Crippen molar-refractivity contribution < 1.29 is 18.3 Å². The lowest BCUT2D eigenvalue weighted by molar-refractivity contribution is 0.229. The van der Waals surface area contributed by atoms with Crippen LogP contribution in [-0.2, 0) is 10.0 Å². The third-order valence-corrected chi connectivity index (χ3v) is 5.55. The summed E-state index contributed by atoms with van der Waals surface area (Å²) in [5.74, 6) is 0.624. The van der Waals surface area contributed by atoms with E-state index in [1.54, 1.807) is 32.2 Å². The summed E-state index contributed by atoms with van der Waals surface area (Å²) in [6.07, 6.45) is 0.689. The van der Waals surface area contributed by atoms with Crippen molar-refractivity contribution in [3.05, 3.63) is 23.8 Å². The standard InChI is InChI=1S/C14H23NO4S/c1-5-12(3)15(8-9-16)20(17,18)14-7-6-13(19-4)10-11(14)2/h6-7,10,12,16H,5,8-9H2,1-4H3/t12-/m0/s1. The Morgan fingerprint density at radius 3 is 2.50 bits per heavy atom. The smallest absolute Gasteiger partial charge is 0.243 e. The van der Waals surface area contributed by atoms with E-state index in [-0.39, 0.29) is 24.1 Å². The highest BCUT2D eigenvalue weighted by molar-refractivity contribution is 7.89. The molecule has 1 aromatic carbocycles. The lowest BCUT2D eigenvalue weighted by Crippen LogP contribution is -2.40. The zero-order valence-corrected chi connectivity index (χ0v) is 13.3. The Hall–Kier alpha value is -1.11. The molecule has 114 valence electrons. The Balaban J connectivity index is 3.26. The predicted molar refractivity (Wildman–Crippen MR) is 78.5 cm³/mol. The van der Waals surface area contributed by atoms with Crippen molar-refractivity contribution in [3.63, 3.8) is 0 Å². The van der Waals surface area contributed by atoms with Crippen LogP contribution in [0.4, 0.5) is 0 Å². The number of hydrogen-bond donors (Lipinski definition) is 1. The van der Waals surface area contributed by atoms with Crippen molar-refractivity contribution in [1.29, 1.82) is 0 Å². The van der Waals surface area contributed by atoms with Crippen LogP contribution in [0.2, 0.25) is 0 Å². The fourth-order valence-electron chi connectivity index (χ4n) is 2.04. The van der Waals surface area contributed by atoms with Gasteiger partial charge in [0.2, 0.25) is 10.0 Å². The number of ether oxygens (including phenoxy) is 1. The van der Waals surface area contributed by atoms with Crippen molar-refractivity contribution in [2.45, 2.75) is 38.1 Å². The van der Waals surface area contributed by atoms with Gasteiger partial charge in [-0.1, -0.05) is 6.92 Å². The van der Waals surface area contributed by atoms with Gasteiger partial charge < -0.3 is 9.84 Å². The van der Waals surface area contributed by atoms with E-state index in [4.69, 9.17) is 9.84 Å². The summed E-state index contributed by atoms with van der Waals surface area (Å²) in [4.78, 5) is 0.257. The number of nitrogens with zero attached hydrogens (tertiary/aromatic N) is 1. The van der Waals surface area contributed by atoms with Gasteiger partial charge in [-0.3, -0.25) is 0 Å². The second-order valence-corrected chi connectivity index (χ2v) is 6.59. The fraction of sp³-hybridized carbons (Fsp3) is 0.571. The molecule has 0 saturated heterocycles. The fourth-order valence-corrected chi connectivity index (χ4v) is 3.95. The molecule has 6 heteroatoms. The maximum absolute atomic E-state index is 12.7. The van der Waals surface area contributed by atoms with E-state index in [1.807, 2.05) is 13.8 Å². The first-order valence-corrected chi connectivity index (χ1v) is 8.09. The van der Waals surface area contributed by atoms with Gasteiger partial charge in [0.1, 0.15) is 5.75 Å². The first-order chi connectivity index (χ1) is 9.38. The van der Waals surface area contributed by atoms with E-state index < -0.39 is 10.0 Å². The van der Waals surface area contributed by atoms with Gasteiger partial charge in [0.05, 0.1) is 18.6 Å². The van der Waals surface area contributed by atoms with E-state index in [0.29, 0.717) is 17.7 Å². The van der Waals surface area contributed by atoms with Crippen LogP contribution in [0.1, 0.15) is 25.8 Å². The van der Waals surface area contributed by atoms with Gasteiger partial charge in [-0.2, -0.15) is 4.31 Å². The molecule has 0 heterocycles. The van der Waals surface area contributed by atoms with Crippen LogP contribution in [0.15, 0.2) is 23.1 Å². The summed E-state index contributed by atoms with van der Waals surface area (Å²) in [5, 5.41) is 9.12. The lowest BCUT2D eigenvalue weighted by atomic mass is 10.2. The number of aryl methyl sites for hydroxylation is 1. The van der Waals surface area contributed by atoms with Crippen molar-refractivity contribution in [1.82, 2.24) is 4.31 Å². The highest BCUT2D eigenvalue weighted by Gasteiger charge is 2.29. The predicted octanol–water partition coefficient (Wildman–Crippen LogP) is 1.79. The van der Waals surface area contributed by atoms with Crippen molar-refractivity contribution in [2.75, 3.05) is 20.3 Å². The molecule has 0 fully saturated rings. The third-order valence-electron chi connectivity index (χ3n) is 3.37. The van der Waals surface area contributed by atoms with Crippen LogP contribution in [0, 0.1) is 6.92 Å². The molecule has 0 bridgehead atoms. The Kier molecular flexibility index (Phi) is 5.98. The van der Waals surface area contributed by atoms with Crippen molar-refractivity contribution in [2.24, 2.45) is 0 Å². The molecule has 0 aliphatic carbocycles. The molecular formula is C14H23NO4S. The average molecular weight is 301 g/mol. The Bertz CT molecular complexity index is 542. The Morgan fingerprint density at radius 1 is 1.40 bits per heavy atom. The Morgan fingerprint density at radius 2 is 2.05 bits per heavy atom. The molecule has 5 nitrogen and oxygen atoms in total. The number of hydrogen-bond acceptors (Lipinski definition) is 4. The number of sulfonamides is 1. The minimum Gasteiger partial charge on any atom is -0.497 e. The largest absolute Gasteiger partial charge is 0.497 e. The summed E-state index contributed by atoms with van der Waals surface area (Å²) < 4.78 is 31.9. The number of rotatable bonds is 7. The summed E-state index contributed by atoms with van der Waals surface area (Å²) in [5.41, 5.74) is 0.635. The second kappa shape index (κ2) is 7.06. The van der Waals surface area contributed by atoms with Gasteiger partial charge in [0, 0.05) is 12.6 Å². The highest BCUT2D eigenvalue weighted by Crippen LogP contribution is 2.25. The molecule has 0 saturated carbocycles. The lowest BCUT2D eigenvalue weighted by Gasteiger charge is -2.27. The molecule has 0 aromatic heterocycles. The van der Waals surface area contributed by atoms with E-state index in [9.17, 15) is 8.42 Å². The molecule has 0 spiro atoms. The van der Waals surface area contributed by atoms with Crippen molar-refractivity contribution >= 4 is 10.0 Å². The van der Waals surface area contributed by atoms with Crippen LogP contribution < -0.4 is 4.74 Å². The van der Waals surface area contributed by atoms with Gasteiger partial charge in [-0.15, -0.1) is 0 Å². The first-order valence-electron chi connectivity index (χ1n) is 6.65. The van der Waals surface area contributed by atoms with Gasteiger partial charge in [-0.25, -0.2) is 8.42 Å². The molecule has 0 aliphatic rings. The summed E-state index contributed by atoms with van der Waals surface area (Å²) in [6.45, 7) is 5.40. The minimum atomic E-state index is -3.61. The molecule has 0 amide bonds. The van der Waals surface area contributed by atoms with Crippen LogP contribution in [-0.4, -0.2) is 44.1 Å². The zero-order valence-electron chi connectivity index (χ0n) is 12.5. The van der Waals surface area contributed by atoms with Gasteiger partial charge in [0.15, 0.2) is 0 Å². The van der Waals surface area contributed by atoms with E-state index >= 15 is 0 Å². The zero-order chi connectivity index (χ0) is 15.3. The molecule has 0 radical (unpaired) electrons. The van der Waals surface area contributed by atoms with Crippen molar-refractivity contribution in [3.8, 4) is 5.75 Å². The topological polar surface area (TPSA) is 66.8 Å². The monoisotopic (exact) mass is 301 g/mol. The SMILES string of the molecule is CC[C@H](C)N(CCO)S(=O)(=O)c1ccc(OC)cc1C. The van der Waals surface area contributed by atoms with E-state index in [2.05, 4.69) is 0 Å². The minimum absolute atomic E-state index is 0.100. The molecular weight excluding hydrogens is 278 g/mol.